The van der Waals surface area contributed by atoms with Gasteiger partial charge in [0.2, 0.25) is 0 Å². The summed E-state index contributed by atoms with van der Waals surface area (Å²) in [6.45, 7) is 2.20. The van der Waals surface area contributed by atoms with E-state index in [-0.39, 0.29) is 5.69 Å². The fourth-order valence-corrected chi connectivity index (χ4v) is 1.71. The van der Waals surface area contributed by atoms with Gasteiger partial charge < -0.3 is 9.26 Å². The van der Waals surface area contributed by atoms with Gasteiger partial charge in [-0.1, -0.05) is 5.16 Å². The fourth-order valence-electron chi connectivity index (χ4n) is 1.71. The number of nitrogens with one attached hydrogen (secondary N) is 1. The highest BCUT2D eigenvalue weighted by Crippen LogP contribution is 2.11. The number of nitrogens with two attached hydrogens (primary N) is 1. The maximum absolute atomic E-state index is 11.2. The van der Waals surface area contributed by atoms with Crippen molar-refractivity contribution in [3.63, 3.8) is 0 Å². The van der Waals surface area contributed by atoms with Gasteiger partial charge in [-0.3, -0.25) is 15.1 Å². The molecule has 1 unspecified atom stereocenters. The van der Waals surface area contributed by atoms with Gasteiger partial charge in [0.25, 0.3) is 5.91 Å². The zero-order chi connectivity index (χ0) is 13.0. The van der Waals surface area contributed by atoms with Gasteiger partial charge in [-0.25, -0.2) is 5.84 Å². The number of carbonyl (C=O) groups excluding carboxylic acids is 1. The molecule has 2 heterocycles. The van der Waals surface area contributed by atoms with Crippen LogP contribution in [0.15, 0.2) is 10.6 Å². The van der Waals surface area contributed by atoms with Gasteiger partial charge in [-0.2, -0.15) is 5.26 Å². The number of nitriles is 1. The number of rotatable bonds is 3. The highest BCUT2D eigenvalue weighted by Gasteiger charge is 2.21. The van der Waals surface area contributed by atoms with Crippen LogP contribution in [0, 0.1) is 11.3 Å². The summed E-state index contributed by atoms with van der Waals surface area (Å²) >= 11 is 0. The zero-order valence-electron chi connectivity index (χ0n) is 9.63. The van der Waals surface area contributed by atoms with Crippen molar-refractivity contribution in [2.45, 2.75) is 12.6 Å². The van der Waals surface area contributed by atoms with Crippen molar-refractivity contribution >= 4 is 5.91 Å². The average molecular weight is 251 g/mol. The Morgan fingerprint density at radius 3 is 3.33 bits per heavy atom. The monoisotopic (exact) mass is 251 g/mol. The molecule has 2 rings (SSSR count). The molecule has 96 valence electrons. The smallest absolute Gasteiger partial charge is 0.287 e. The van der Waals surface area contributed by atoms with E-state index in [2.05, 4.69) is 11.2 Å². The third kappa shape index (κ3) is 2.84. The first-order valence-electron chi connectivity index (χ1n) is 5.43. The van der Waals surface area contributed by atoms with E-state index in [0.717, 1.165) is 0 Å². The number of hydrazine groups is 1. The number of carbonyl (C=O) groups is 1. The highest BCUT2D eigenvalue weighted by molar-refractivity contribution is 5.91. The quantitative estimate of drug-likeness (QED) is 0.402. The first-order chi connectivity index (χ1) is 8.72. The topological polar surface area (TPSA) is 117 Å². The maximum atomic E-state index is 11.2. The van der Waals surface area contributed by atoms with Gasteiger partial charge in [0.1, 0.15) is 0 Å². The number of nitrogens with zero attached hydrogens (tertiary/aromatic N) is 3. The van der Waals surface area contributed by atoms with Gasteiger partial charge in [0.05, 0.1) is 19.2 Å². The van der Waals surface area contributed by atoms with Crippen molar-refractivity contribution in [1.82, 2.24) is 15.5 Å². The van der Waals surface area contributed by atoms with Crippen LogP contribution in [0.2, 0.25) is 0 Å². The fraction of sp³-hybridized carbons (Fsp3) is 0.500. The second-order valence-electron chi connectivity index (χ2n) is 3.88. The van der Waals surface area contributed by atoms with Crippen LogP contribution in [0.1, 0.15) is 16.2 Å². The molecule has 1 saturated heterocycles. The predicted octanol–water partition coefficient (Wildman–Crippen LogP) is -0.998. The van der Waals surface area contributed by atoms with Gasteiger partial charge in [0.15, 0.2) is 17.6 Å². The largest absolute Gasteiger partial charge is 0.361 e. The van der Waals surface area contributed by atoms with Crippen LogP contribution < -0.4 is 11.3 Å². The van der Waals surface area contributed by atoms with Crippen molar-refractivity contribution < 1.29 is 14.1 Å². The van der Waals surface area contributed by atoms with E-state index >= 15 is 0 Å². The van der Waals surface area contributed by atoms with Crippen LogP contribution in [0.4, 0.5) is 0 Å². The van der Waals surface area contributed by atoms with Crippen molar-refractivity contribution in [2.75, 3.05) is 19.7 Å². The minimum atomic E-state index is -0.498. The second-order valence-corrected chi connectivity index (χ2v) is 3.88. The van der Waals surface area contributed by atoms with Crippen molar-refractivity contribution in [3.8, 4) is 6.07 Å². The molecule has 3 N–H and O–H groups in total. The molecule has 18 heavy (non-hydrogen) atoms. The molecule has 0 saturated carbocycles. The van der Waals surface area contributed by atoms with Crippen LogP contribution >= 0.6 is 0 Å². The molecule has 0 spiro atoms. The molecule has 0 aromatic carbocycles. The molecular formula is C10H13N5O3. The lowest BCUT2D eigenvalue weighted by atomic mass is 10.2. The summed E-state index contributed by atoms with van der Waals surface area (Å²) in [5.74, 6) is 5.04. The molecule has 0 radical (unpaired) electrons. The molecule has 1 aromatic rings. The molecule has 8 nitrogen and oxygen atoms in total. The Balaban J connectivity index is 1.95. The Bertz CT molecular complexity index is 466. The molecule has 1 aromatic heterocycles. The van der Waals surface area contributed by atoms with Crippen molar-refractivity contribution in [2.24, 2.45) is 5.84 Å². The third-order valence-electron chi connectivity index (χ3n) is 2.60. The lowest BCUT2D eigenvalue weighted by Gasteiger charge is -2.28. The molecule has 0 bridgehead atoms. The van der Waals surface area contributed by atoms with Crippen LogP contribution in [0.3, 0.4) is 0 Å². The minimum absolute atomic E-state index is 0.137. The number of hydrogen-bond donors (Lipinski definition) is 2. The van der Waals surface area contributed by atoms with E-state index in [1.165, 1.54) is 6.07 Å². The van der Waals surface area contributed by atoms with Gasteiger partial charge in [0, 0.05) is 19.2 Å². The van der Waals surface area contributed by atoms with E-state index in [0.29, 0.717) is 32.0 Å². The number of ether oxygens (including phenoxy) is 1. The summed E-state index contributed by atoms with van der Waals surface area (Å²) in [5, 5.41) is 12.4. The molecule has 1 fully saturated rings. The summed E-state index contributed by atoms with van der Waals surface area (Å²) in [5.41, 5.74) is 2.11. The Kier molecular flexibility index (Phi) is 3.88. The SMILES string of the molecule is N#CC1CN(Cc2cc(C(=O)NN)no2)CCO1. The van der Waals surface area contributed by atoms with E-state index in [9.17, 15) is 4.79 Å². The van der Waals surface area contributed by atoms with Gasteiger partial charge in [-0.15, -0.1) is 0 Å². The first kappa shape index (κ1) is 12.5. The number of aromatic nitrogens is 1. The third-order valence-corrected chi connectivity index (χ3v) is 2.60. The Hall–Kier alpha value is -1.95. The van der Waals surface area contributed by atoms with Crippen LogP contribution in [-0.2, 0) is 11.3 Å². The highest BCUT2D eigenvalue weighted by atomic mass is 16.5. The Morgan fingerprint density at radius 1 is 1.78 bits per heavy atom. The number of morpholine rings is 1. The first-order valence-corrected chi connectivity index (χ1v) is 5.43. The lowest BCUT2D eigenvalue weighted by Crippen LogP contribution is -2.41. The van der Waals surface area contributed by atoms with Crippen molar-refractivity contribution in [1.29, 1.82) is 5.26 Å². The summed E-state index contributed by atoms with van der Waals surface area (Å²) in [7, 11) is 0. The number of amides is 1. The lowest BCUT2D eigenvalue weighted by molar-refractivity contribution is -0.00543. The minimum Gasteiger partial charge on any atom is -0.361 e. The number of nitrogen functional groups attached to an aromatic ring is 1. The average Bonchev–Trinajstić information content (AvgIpc) is 2.86. The van der Waals surface area contributed by atoms with Crippen LogP contribution in [0.5, 0.6) is 0 Å². The van der Waals surface area contributed by atoms with E-state index < -0.39 is 12.0 Å². The molecule has 1 aliphatic heterocycles. The van der Waals surface area contributed by atoms with Gasteiger partial charge in [-0.05, 0) is 0 Å². The summed E-state index contributed by atoms with van der Waals surface area (Å²) in [4.78, 5) is 13.2. The normalized spacial score (nSPS) is 20.3. The molecular weight excluding hydrogens is 238 g/mol. The molecule has 8 heteroatoms. The summed E-state index contributed by atoms with van der Waals surface area (Å²) in [6.07, 6.45) is -0.423. The van der Waals surface area contributed by atoms with Crippen LogP contribution in [-0.4, -0.2) is 41.8 Å². The molecule has 1 atom stereocenters. The zero-order valence-corrected chi connectivity index (χ0v) is 9.63. The maximum Gasteiger partial charge on any atom is 0.287 e. The van der Waals surface area contributed by atoms with Crippen molar-refractivity contribution in [3.05, 3.63) is 17.5 Å². The number of hydrogen-bond acceptors (Lipinski definition) is 7. The van der Waals surface area contributed by atoms with E-state index in [1.807, 2.05) is 10.3 Å². The Morgan fingerprint density at radius 2 is 2.61 bits per heavy atom. The second kappa shape index (κ2) is 5.59. The van der Waals surface area contributed by atoms with Crippen LogP contribution in [0.25, 0.3) is 0 Å². The van der Waals surface area contributed by atoms with E-state index in [4.69, 9.17) is 20.4 Å². The van der Waals surface area contributed by atoms with E-state index in [1.54, 1.807) is 0 Å². The summed E-state index contributed by atoms with van der Waals surface area (Å²) < 4.78 is 10.3. The molecule has 1 amide bonds. The Labute approximate surface area is 103 Å². The standard InChI is InChI=1S/C10H13N5O3/c11-4-8-6-15(1-2-17-8)5-7-3-9(14-18-7)10(16)13-12/h3,8H,1-2,5-6,12H2,(H,13,16). The molecule has 1 aliphatic rings. The summed E-state index contributed by atoms with van der Waals surface area (Å²) in [6, 6.07) is 3.59. The molecule has 0 aliphatic carbocycles. The predicted molar refractivity (Wildman–Crippen MR) is 58.8 cm³/mol. The van der Waals surface area contributed by atoms with Gasteiger partial charge >= 0.3 is 0 Å².